The van der Waals surface area contributed by atoms with Gasteiger partial charge in [-0.05, 0) is 29.9 Å². The Hall–Kier alpha value is -1.37. The molecule has 0 fully saturated rings. The number of unbranched alkanes of at least 4 members (excludes halogenated alkanes) is 1. The van der Waals surface area contributed by atoms with Gasteiger partial charge in [0.1, 0.15) is 5.82 Å². The van der Waals surface area contributed by atoms with Gasteiger partial charge < -0.3 is 0 Å². The second kappa shape index (κ2) is 4.43. The lowest BCUT2D eigenvalue weighted by atomic mass is 10.00. The van der Waals surface area contributed by atoms with Crippen molar-refractivity contribution in [1.29, 1.82) is 0 Å². The summed E-state index contributed by atoms with van der Waals surface area (Å²) in [5.41, 5.74) is 1.26. The molecule has 0 aliphatic carbocycles. The molecule has 0 N–H and O–H groups in total. The summed E-state index contributed by atoms with van der Waals surface area (Å²) in [6.07, 6.45) is 3.37. The van der Waals surface area contributed by atoms with Gasteiger partial charge in [-0.15, -0.1) is 0 Å². The Morgan fingerprint density at radius 2 is 1.73 bits per heavy atom. The Balaban J connectivity index is 2.51. The molecule has 0 saturated carbocycles. The van der Waals surface area contributed by atoms with Crippen LogP contribution in [0.1, 0.15) is 25.3 Å². The van der Waals surface area contributed by atoms with Gasteiger partial charge in [0.2, 0.25) is 0 Å². The van der Waals surface area contributed by atoms with Crippen molar-refractivity contribution in [2.24, 2.45) is 0 Å². The van der Waals surface area contributed by atoms with Crippen LogP contribution in [0.2, 0.25) is 0 Å². The van der Waals surface area contributed by atoms with Crippen LogP contribution in [-0.2, 0) is 6.42 Å². The van der Waals surface area contributed by atoms with E-state index < -0.39 is 0 Å². The number of benzene rings is 2. The molecule has 2 aromatic rings. The number of halogens is 1. The number of hydrogen-bond acceptors (Lipinski definition) is 0. The Bertz CT molecular complexity index is 460. The van der Waals surface area contributed by atoms with Crippen LogP contribution in [0.15, 0.2) is 36.4 Å². The average Bonchev–Trinajstić information content (AvgIpc) is 2.29. The maximum absolute atomic E-state index is 13.5. The molecule has 0 amide bonds. The average molecular weight is 202 g/mol. The first kappa shape index (κ1) is 10.2. The Morgan fingerprint density at radius 3 is 2.47 bits per heavy atom. The minimum atomic E-state index is -0.120. The summed E-state index contributed by atoms with van der Waals surface area (Å²) in [4.78, 5) is 0. The van der Waals surface area contributed by atoms with Crippen molar-refractivity contribution in [1.82, 2.24) is 0 Å². The van der Waals surface area contributed by atoms with E-state index in [1.54, 1.807) is 6.07 Å². The summed E-state index contributed by atoms with van der Waals surface area (Å²) in [6.45, 7) is 2.17. The second-order valence-corrected chi connectivity index (χ2v) is 3.86. The maximum atomic E-state index is 13.5. The molecule has 0 aromatic heterocycles. The van der Waals surface area contributed by atoms with E-state index in [0.717, 1.165) is 23.6 Å². The molecule has 1 heteroatoms. The lowest BCUT2D eigenvalue weighted by molar-refractivity contribution is 0.639. The van der Waals surface area contributed by atoms with Gasteiger partial charge in [0, 0.05) is 5.39 Å². The first-order valence-electron chi connectivity index (χ1n) is 5.49. The highest BCUT2D eigenvalue weighted by molar-refractivity contribution is 5.86. The molecule has 0 spiro atoms. The Morgan fingerprint density at radius 1 is 1.00 bits per heavy atom. The quantitative estimate of drug-likeness (QED) is 0.695. The van der Waals surface area contributed by atoms with E-state index in [0.29, 0.717) is 0 Å². The van der Waals surface area contributed by atoms with Gasteiger partial charge in [-0.1, -0.05) is 43.7 Å². The fourth-order valence-electron chi connectivity index (χ4n) is 1.91. The van der Waals surface area contributed by atoms with Crippen molar-refractivity contribution in [2.75, 3.05) is 0 Å². The third-order valence-electron chi connectivity index (χ3n) is 2.76. The molecule has 0 aliphatic rings. The highest BCUT2D eigenvalue weighted by atomic mass is 19.1. The van der Waals surface area contributed by atoms with Crippen LogP contribution < -0.4 is 0 Å². The highest BCUT2D eigenvalue weighted by Crippen LogP contribution is 2.22. The van der Waals surface area contributed by atoms with Crippen molar-refractivity contribution in [3.05, 3.63) is 47.8 Å². The lowest BCUT2D eigenvalue weighted by Crippen LogP contribution is -1.89. The molecular weight excluding hydrogens is 187 g/mol. The molecule has 0 aliphatic heterocycles. The molecule has 0 heterocycles. The van der Waals surface area contributed by atoms with E-state index >= 15 is 0 Å². The summed E-state index contributed by atoms with van der Waals surface area (Å²) < 4.78 is 13.5. The van der Waals surface area contributed by atoms with E-state index in [1.807, 2.05) is 30.3 Å². The summed E-state index contributed by atoms with van der Waals surface area (Å²) >= 11 is 0. The first-order valence-corrected chi connectivity index (χ1v) is 5.49. The standard InChI is InChI=1S/C14H15F/c1-2-3-6-11-9-10-14(15)13-8-5-4-7-12(11)13/h4-5,7-10H,2-3,6H2,1H3. The minimum absolute atomic E-state index is 0.120. The topological polar surface area (TPSA) is 0 Å². The zero-order valence-electron chi connectivity index (χ0n) is 8.96. The molecule has 0 atom stereocenters. The number of rotatable bonds is 3. The highest BCUT2D eigenvalue weighted by Gasteiger charge is 2.04. The van der Waals surface area contributed by atoms with E-state index in [4.69, 9.17) is 0 Å². The van der Waals surface area contributed by atoms with Crippen molar-refractivity contribution in [3.8, 4) is 0 Å². The molecule has 15 heavy (non-hydrogen) atoms. The van der Waals surface area contributed by atoms with Crippen molar-refractivity contribution >= 4 is 10.8 Å². The molecule has 2 rings (SSSR count). The predicted molar refractivity (Wildman–Crippen MR) is 62.5 cm³/mol. The third kappa shape index (κ3) is 2.01. The van der Waals surface area contributed by atoms with Crippen LogP contribution in [0.3, 0.4) is 0 Å². The van der Waals surface area contributed by atoms with Crippen molar-refractivity contribution < 1.29 is 4.39 Å². The third-order valence-corrected chi connectivity index (χ3v) is 2.76. The van der Waals surface area contributed by atoms with Crippen LogP contribution in [-0.4, -0.2) is 0 Å². The van der Waals surface area contributed by atoms with Gasteiger partial charge in [0.15, 0.2) is 0 Å². The van der Waals surface area contributed by atoms with Crippen LogP contribution in [0, 0.1) is 5.82 Å². The van der Waals surface area contributed by atoms with Crippen LogP contribution in [0.25, 0.3) is 10.8 Å². The molecule has 0 saturated heterocycles. The molecule has 0 unspecified atom stereocenters. The smallest absolute Gasteiger partial charge is 0.131 e. The SMILES string of the molecule is CCCCc1ccc(F)c2ccccc12. The molecule has 78 valence electrons. The normalized spacial score (nSPS) is 10.8. The van der Waals surface area contributed by atoms with Gasteiger partial charge in [-0.25, -0.2) is 4.39 Å². The summed E-state index contributed by atoms with van der Waals surface area (Å²) in [6, 6.07) is 11.2. The summed E-state index contributed by atoms with van der Waals surface area (Å²) in [5, 5.41) is 1.80. The molecule has 0 bridgehead atoms. The molecule has 0 nitrogen and oxygen atoms in total. The van der Waals surface area contributed by atoms with Crippen molar-refractivity contribution in [2.45, 2.75) is 26.2 Å². The van der Waals surface area contributed by atoms with Crippen LogP contribution in [0.4, 0.5) is 4.39 Å². The van der Waals surface area contributed by atoms with Gasteiger partial charge in [0.05, 0.1) is 0 Å². The van der Waals surface area contributed by atoms with Crippen LogP contribution in [0.5, 0.6) is 0 Å². The lowest BCUT2D eigenvalue weighted by Gasteiger charge is -2.06. The monoisotopic (exact) mass is 202 g/mol. The van der Waals surface area contributed by atoms with Crippen LogP contribution >= 0.6 is 0 Å². The zero-order valence-corrected chi connectivity index (χ0v) is 8.96. The summed E-state index contributed by atoms with van der Waals surface area (Å²) in [5.74, 6) is -0.120. The molecular formula is C14H15F. The Labute approximate surface area is 89.7 Å². The van der Waals surface area contributed by atoms with E-state index in [9.17, 15) is 4.39 Å². The largest absolute Gasteiger partial charge is 0.206 e. The van der Waals surface area contributed by atoms with E-state index in [-0.39, 0.29) is 5.82 Å². The zero-order chi connectivity index (χ0) is 10.7. The van der Waals surface area contributed by atoms with Crippen molar-refractivity contribution in [3.63, 3.8) is 0 Å². The van der Waals surface area contributed by atoms with Gasteiger partial charge in [0.25, 0.3) is 0 Å². The molecule has 2 aromatic carbocycles. The van der Waals surface area contributed by atoms with Gasteiger partial charge >= 0.3 is 0 Å². The van der Waals surface area contributed by atoms with Gasteiger partial charge in [-0.3, -0.25) is 0 Å². The number of fused-ring (bicyclic) bond motifs is 1. The second-order valence-electron chi connectivity index (χ2n) is 3.86. The predicted octanol–water partition coefficient (Wildman–Crippen LogP) is 4.32. The number of hydrogen-bond donors (Lipinski definition) is 0. The fourth-order valence-corrected chi connectivity index (χ4v) is 1.91. The fraction of sp³-hybridized carbons (Fsp3) is 0.286. The van der Waals surface area contributed by atoms with E-state index in [1.165, 1.54) is 12.0 Å². The minimum Gasteiger partial charge on any atom is -0.206 e. The molecule has 0 radical (unpaired) electrons. The van der Waals surface area contributed by atoms with E-state index in [2.05, 4.69) is 6.92 Å². The summed E-state index contributed by atoms with van der Waals surface area (Å²) in [7, 11) is 0. The van der Waals surface area contributed by atoms with Gasteiger partial charge in [-0.2, -0.15) is 0 Å². The Kier molecular flexibility index (Phi) is 3.00. The first-order chi connectivity index (χ1) is 7.33. The number of aryl methyl sites for hydroxylation is 1. The maximum Gasteiger partial charge on any atom is 0.131 e.